The molecular weight excluding hydrogens is 244 g/mol. The quantitative estimate of drug-likeness (QED) is 0.800. The van der Waals surface area contributed by atoms with Gasteiger partial charge in [0.1, 0.15) is 5.69 Å². The lowest BCUT2D eigenvalue weighted by molar-refractivity contribution is 0.0907. The molecule has 0 aliphatic heterocycles. The normalized spacial score (nSPS) is 22.5. The van der Waals surface area contributed by atoms with Gasteiger partial charge in [-0.15, -0.1) is 0 Å². The fourth-order valence-corrected chi connectivity index (χ4v) is 2.67. The summed E-state index contributed by atoms with van der Waals surface area (Å²) in [6.45, 7) is 1.59. The number of aromatic nitrogens is 1. The van der Waals surface area contributed by atoms with Crippen LogP contribution in [-0.2, 0) is 7.05 Å². The number of rotatable bonds is 4. The van der Waals surface area contributed by atoms with Gasteiger partial charge in [-0.1, -0.05) is 6.42 Å². The van der Waals surface area contributed by atoms with Crippen LogP contribution in [0.15, 0.2) is 12.3 Å². The summed E-state index contributed by atoms with van der Waals surface area (Å²) in [7, 11) is 1.75. The highest BCUT2D eigenvalue weighted by Gasteiger charge is 2.28. The molecule has 2 unspecified atom stereocenters. The molecule has 1 aliphatic rings. The van der Waals surface area contributed by atoms with E-state index < -0.39 is 0 Å². The van der Waals surface area contributed by atoms with Crippen molar-refractivity contribution in [1.82, 2.24) is 9.88 Å². The van der Waals surface area contributed by atoms with E-state index >= 15 is 0 Å². The third-order valence-electron chi connectivity index (χ3n) is 3.85. The van der Waals surface area contributed by atoms with Gasteiger partial charge in [-0.05, 0) is 25.8 Å². The van der Waals surface area contributed by atoms with Crippen molar-refractivity contribution in [2.24, 2.45) is 13.0 Å². The van der Waals surface area contributed by atoms with Gasteiger partial charge in [0, 0.05) is 37.4 Å². The average Bonchev–Trinajstić information content (AvgIpc) is 2.95. The Hall–Kier alpha value is -1.62. The van der Waals surface area contributed by atoms with Crippen LogP contribution in [0.25, 0.3) is 0 Å². The summed E-state index contributed by atoms with van der Waals surface area (Å²) in [5.41, 5.74) is 1.02. The number of nitrogens with zero attached hydrogens (tertiary/aromatic N) is 1. The van der Waals surface area contributed by atoms with E-state index in [1.54, 1.807) is 23.9 Å². The van der Waals surface area contributed by atoms with E-state index in [1.165, 1.54) is 6.92 Å². The Bertz CT molecular complexity index is 493. The average molecular weight is 264 g/mol. The van der Waals surface area contributed by atoms with Gasteiger partial charge in [0.15, 0.2) is 5.78 Å². The van der Waals surface area contributed by atoms with Gasteiger partial charge in [-0.3, -0.25) is 9.59 Å². The number of hydrogen-bond acceptors (Lipinski definition) is 3. The number of carbonyl (C=O) groups is 2. The molecule has 0 radical (unpaired) electrons. The molecule has 2 N–H and O–H groups in total. The van der Waals surface area contributed by atoms with E-state index in [2.05, 4.69) is 5.32 Å². The molecule has 104 valence electrons. The molecule has 1 amide bonds. The van der Waals surface area contributed by atoms with Gasteiger partial charge < -0.3 is 15.0 Å². The summed E-state index contributed by atoms with van der Waals surface area (Å²) in [6.07, 6.45) is 4.55. The molecule has 0 aromatic carbocycles. The van der Waals surface area contributed by atoms with Crippen LogP contribution in [0.4, 0.5) is 0 Å². The molecule has 2 atom stereocenters. The molecule has 1 aliphatic carbocycles. The van der Waals surface area contributed by atoms with Crippen molar-refractivity contribution in [3.63, 3.8) is 0 Å². The Morgan fingerprint density at radius 1 is 1.47 bits per heavy atom. The predicted octanol–water partition coefficient (Wildman–Crippen LogP) is 1.12. The maximum Gasteiger partial charge on any atom is 0.268 e. The van der Waals surface area contributed by atoms with Crippen molar-refractivity contribution in [3.8, 4) is 0 Å². The van der Waals surface area contributed by atoms with Crippen molar-refractivity contribution in [3.05, 3.63) is 23.5 Å². The van der Waals surface area contributed by atoms with E-state index in [4.69, 9.17) is 0 Å². The van der Waals surface area contributed by atoms with Gasteiger partial charge in [0.2, 0.25) is 0 Å². The predicted molar refractivity (Wildman–Crippen MR) is 71.1 cm³/mol. The van der Waals surface area contributed by atoms with E-state index in [1.807, 2.05) is 0 Å². The van der Waals surface area contributed by atoms with Crippen molar-refractivity contribution >= 4 is 11.7 Å². The number of aliphatic hydroxyl groups is 1. The zero-order valence-corrected chi connectivity index (χ0v) is 11.3. The Kier molecular flexibility index (Phi) is 4.04. The van der Waals surface area contributed by atoms with Crippen LogP contribution in [0.1, 0.15) is 47.0 Å². The molecule has 1 aromatic rings. The van der Waals surface area contributed by atoms with Gasteiger partial charge in [-0.25, -0.2) is 0 Å². The summed E-state index contributed by atoms with van der Waals surface area (Å²) < 4.78 is 1.66. The SMILES string of the molecule is CC(=O)c1cc(C(=O)NC2CCCC2CO)n(C)c1. The number of Topliss-reactive ketones (excluding diaryl/α,β-unsaturated/α-hetero) is 1. The van der Waals surface area contributed by atoms with Crippen LogP contribution < -0.4 is 5.32 Å². The fourth-order valence-electron chi connectivity index (χ4n) is 2.67. The van der Waals surface area contributed by atoms with Crippen molar-refractivity contribution in [1.29, 1.82) is 0 Å². The molecule has 1 heterocycles. The zero-order valence-electron chi connectivity index (χ0n) is 11.3. The van der Waals surface area contributed by atoms with Crippen LogP contribution in [0.5, 0.6) is 0 Å². The Balaban J connectivity index is 2.09. The highest BCUT2D eigenvalue weighted by atomic mass is 16.3. The maximum atomic E-state index is 12.2. The van der Waals surface area contributed by atoms with Crippen molar-refractivity contribution in [2.75, 3.05) is 6.61 Å². The zero-order chi connectivity index (χ0) is 14.0. The first-order valence-corrected chi connectivity index (χ1v) is 6.62. The lowest BCUT2D eigenvalue weighted by Gasteiger charge is -2.19. The van der Waals surface area contributed by atoms with Crippen LogP contribution >= 0.6 is 0 Å². The highest BCUT2D eigenvalue weighted by Crippen LogP contribution is 2.25. The first kappa shape index (κ1) is 13.8. The molecule has 2 rings (SSSR count). The second-order valence-corrected chi connectivity index (χ2v) is 5.23. The second-order valence-electron chi connectivity index (χ2n) is 5.23. The topological polar surface area (TPSA) is 71.3 Å². The molecule has 1 aromatic heterocycles. The number of ketones is 1. The number of aliphatic hydroxyl groups excluding tert-OH is 1. The van der Waals surface area contributed by atoms with Crippen LogP contribution in [-0.4, -0.2) is 34.0 Å². The molecule has 0 saturated heterocycles. The van der Waals surface area contributed by atoms with Crippen molar-refractivity contribution < 1.29 is 14.7 Å². The fraction of sp³-hybridized carbons (Fsp3) is 0.571. The molecule has 0 bridgehead atoms. The molecule has 0 spiro atoms. The number of hydrogen-bond donors (Lipinski definition) is 2. The summed E-state index contributed by atoms with van der Waals surface area (Å²) in [5, 5.41) is 12.2. The standard InChI is InChI=1S/C14H20N2O3/c1-9(18)11-6-13(16(2)7-11)14(19)15-12-5-3-4-10(12)8-17/h6-7,10,12,17H,3-5,8H2,1-2H3,(H,15,19). The van der Waals surface area contributed by atoms with Gasteiger partial charge >= 0.3 is 0 Å². The molecule has 1 fully saturated rings. The number of aryl methyl sites for hydroxylation is 1. The summed E-state index contributed by atoms with van der Waals surface area (Å²) in [4.78, 5) is 23.5. The molecule has 19 heavy (non-hydrogen) atoms. The number of amides is 1. The number of nitrogens with one attached hydrogen (secondary N) is 1. The molecular formula is C14H20N2O3. The maximum absolute atomic E-state index is 12.2. The lowest BCUT2D eigenvalue weighted by Crippen LogP contribution is -2.39. The summed E-state index contributed by atoms with van der Waals surface area (Å²) in [5.74, 6) is -0.0828. The highest BCUT2D eigenvalue weighted by molar-refractivity contribution is 5.99. The number of carbonyl (C=O) groups excluding carboxylic acids is 2. The Morgan fingerprint density at radius 3 is 2.79 bits per heavy atom. The second kappa shape index (κ2) is 5.57. The van der Waals surface area contributed by atoms with E-state index in [0.717, 1.165) is 19.3 Å². The van der Waals surface area contributed by atoms with Gasteiger partial charge in [0.25, 0.3) is 5.91 Å². The van der Waals surface area contributed by atoms with Gasteiger partial charge in [-0.2, -0.15) is 0 Å². The van der Waals surface area contributed by atoms with Crippen LogP contribution in [0.2, 0.25) is 0 Å². The third-order valence-corrected chi connectivity index (χ3v) is 3.85. The minimum atomic E-state index is -0.180. The smallest absolute Gasteiger partial charge is 0.268 e. The monoisotopic (exact) mass is 264 g/mol. The first-order chi connectivity index (χ1) is 9.02. The molecule has 5 heteroatoms. The van der Waals surface area contributed by atoms with Gasteiger partial charge in [0.05, 0.1) is 0 Å². The van der Waals surface area contributed by atoms with E-state index in [-0.39, 0.29) is 30.3 Å². The Labute approximate surface area is 112 Å². The van der Waals surface area contributed by atoms with E-state index in [0.29, 0.717) is 11.3 Å². The minimum Gasteiger partial charge on any atom is -0.396 e. The van der Waals surface area contributed by atoms with Crippen LogP contribution in [0.3, 0.4) is 0 Å². The van der Waals surface area contributed by atoms with Crippen LogP contribution in [0, 0.1) is 5.92 Å². The molecule has 1 saturated carbocycles. The van der Waals surface area contributed by atoms with E-state index in [9.17, 15) is 14.7 Å². The third kappa shape index (κ3) is 2.87. The van der Waals surface area contributed by atoms with Crippen molar-refractivity contribution in [2.45, 2.75) is 32.2 Å². The summed E-state index contributed by atoms with van der Waals surface area (Å²) >= 11 is 0. The largest absolute Gasteiger partial charge is 0.396 e. The minimum absolute atomic E-state index is 0.0354. The first-order valence-electron chi connectivity index (χ1n) is 6.62. The molecule has 5 nitrogen and oxygen atoms in total. The Morgan fingerprint density at radius 2 is 2.21 bits per heavy atom. The lowest BCUT2D eigenvalue weighted by atomic mass is 10.1. The summed E-state index contributed by atoms with van der Waals surface area (Å²) in [6, 6.07) is 1.65.